The molecule has 92 valence electrons. The SMILES string of the molecule is O=S1(=O)CCC(NC(=S)N2CCNCC2)C1. The van der Waals surface area contributed by atoms with Crippen molar-refractivity contribution < 1.29 is 8.42 Å². The van der Waals surface area contributed by atoms with E-state index in [1.807, 2.05) is 0 Å². The van der Waals surface area contributed by atoms with E-state index in [0.29, 0.717) is 11.5 Å². The third kappa shape index (κ3) is 3.05. The molecule has 0 aromatic carbocycles. The van der Waals surface area contributed by atoms with Crippen LogP contribution in [0.25, 0.3) is 0 Å². The van der Waals surface area contributed by atoms with Crippen molar-refractivity contribution in [3.8, 4) is 0 Å². The highest BCUT2D eigenvalue weighted by Crippen LogP contribution is 2.11. The van der Waals surface area contributed by atoms with Gasteiger partial charge in [-0.2, -0.15) is 0 Å². The van der Waals surface area contributed by atoms with Gasteiger partial charge in [0.2, 0.25) is 0 Å². The third-order valence-electron chi connectivity index (χ3n) is 2.96. The van der Waals surface area contributed by atoms with Crippen LogP contribution in [0.15, 0.2) is 0 Å². The van der Waals surface area contributed by atoms with Crippen molar-refractivity contribution in [2.24, 2.45) is 0 Å². The topological polar surface area (TPSA) is 61.4 Å². The van der Waals surface area contributed by atoms with Crippen LogP contribution < -0.4 is 10.6 Å². The summed E-state index contributed by atoms with van der Waals surface area (Å²) in [6, 6.07) is 0.00684. The Hall–Kier alpha value is -0.400. The molecule has 7 heteroatoms. The van der Waals surface area contributed by atoms with Gasteiger partial charge in [0.15, 0.2) is 14.9 Å². The lowest BCUT2D eigenvalue weighted by molar-refractivity contribution is 0.349. The van der Waals surface area contributed by atoms with Crippen LogP contribution in [0.4, 0.5) is 0 Å². The van der Waals surface area contributed by atoms with Crippen molar-refractivity contribution in [3.05, 3.63) is 0 Å². The van der Waals surface area contributed by atoms with Crippen LogP contribution >= 0.6 is 12.2 Å². The minimum atomic E-state index is -2.82. The number of rotatable bonds is 1. The molecular weight excluding hydrogens is 246 g/mol. The molecule has 1 unspecified atom stereocenters. The fourth-order valence-electron chi connectivity index (χ4n) is 2.04. The summed E-state index contributed by atoms with van der Waals surface area (Å²) in [5, 5.41) is 7.10. The molecule has 2 aliphatic heterocycles. The summed E-state index contributed by atoms with van der Waals surface area (Å²) >= 11 is 5.28. The van der Waals surface area contributed by atoms with Gasteiger partial charge in [-0.1, -0.05) is 0 Å². The van der Waals surface area contributed by atoms with Crippen LogP contribution in [-0.2, 0) is 9.84 Å². The Bertz CT molecular complexity index is 363. The molecule has 0 aliphatic carbocycles. The smallest absolute Gasteiger partial charge is 0.169 e. The first-order valence-corrected chi connectivity index (χ1v) is 7.76. The van der Waals surface area contributed by atoms with Gasteiger partial charge in [0.1, 0.15) is 0 Å². The minimum absolute atomic E-state index is 0.00684. The van der Waals surface area contributed by atoms with Crippen molar-refractivity contribution in [3.63, 3.8) is 0 Å². The number of piperazine rings is 1. The molecule has 16 heavy (non-hydrogen) atoms. The molecule has 0 radical (unpaired) electrons. The van der Waals surface area contributed by atoms with E-state index >= 15 is 0 Å². The number of hydrogen-bond acceptors (Lipinski definition) is 4. The molecule has 2 aliphatic rings. The van der Waals surface area contributed by atoms with Gasteiger partial charge in [-0.25, -0.2) is 8.42 Å². The average molecular weight is 263 g/mol. The van der Waals surface area contributed by atoms with E-state index in [2.05, 4.69) is 15.5 Å². The van der Waals surface area contributed by atoms with E-state index in [-0.39, 0.29) is 17.5 Å². The van der Waals surface area contributed by atoms with Crippen LogP contribution in [-0.4, -0.2) is 62.2 Å². The fraction of sp³-hybridized carbons (Fsp3) is 0.889. The van der Waals surface area contributed by atoms with Crippen LogP contribution in [0.1, 0.15) is 6.42 Å². The monoisotopic (exact) mass is 263 g/mol. The first-order chi connectivity index (χ1) is 7.57. The summed E-state index contributed by atoms with van der Waals surface area (Å²) in [6.45, 7) is 3.66. The summed E-state index contributed by atoms with van der Waals surface area (Å²) in [5.41, 5.74) is 0. The molecule has 0 aromatic heterocycles. The first kappa shape index (κ1) is 12.1. The number of thiocarbonyl (C=S) groups is 1. The van der Waals surface area contributed by atoms with E-state index in [1.54, 1.807) is 0 Å². The van der Waals surface area contributed by atoms with Gasteiger partial charge in [0, 0.05) is 32.2 Å². The lowest BCUT2D eigenvalue weighted by atomic mass is 10.3. The maximum atomic E-state index is 11.3. The van der Waals surface area contributed by atoms with Gasteiger partial charge in [0.05, 0.1) is 11.5 Å². The van der Waals surface area contributed by atoms with Crippen molar-refractivity contribution in [1.29, 1.82) is 0 Å². The Morgan fingerprint density at radius 1 is 1.38 bits per heavy atom. The number of nitrogens with one attached hydrogen (secondary N) is 2. The zero-order valence-corrected chi connectivity index (χ0v) is 10.7. The van der Waals surface area contributed by atoms with Crippen molar-refractivity contribution in [1.82, 2.24) is 15.5 Å². The summed E-state index contributed by atoms with van der Waals surface area (Å²) < 4.78 is 22.6. The highest BCUT2D eigenvalue weighted by molar-refractivity contribution is 7.91. The second kappa shape index (κ2) is 4.85. The van der Waals surface area contributed by atoms with Gasteiger partial charge < -0.3 is 15.5 Å². The van der Waals surface area contributed by atoms with Gasteiger partial charge in [0.25, 0.3) is 0 Å². The number of hydrogen-bond donors (Lipinski definition) is 2. The third-order valence-corrected chi connectivity index (χ3v) is 5.11. The Kier molecular flexibility index (Phi) is 3.66. The Morgan fingerprint density at radius 2 is 2.06 bits per heavy atom. The highest BCUT2D eigenvalue weighted by Gasteiger charge is 2.29. The lowest BCUT2D eigenvalue weighted by Crippen LogP contribution is -2.52. The Balaban J connectivity index is 1.83. The molecule has 2 fully saturated rings. The van der Waals surface area contributed by atoms with Gasteiger partial charge in [-0.15, -0.1) is 0 Å². The normalized spacial score (nSPS) is 29.0. The zero-order chi connectivity index (χ0) is 11.6. The van der Waals surface area contributed by atoms with E-state index in [1.165, 1.54) is 0 Å². The molecular formula is C9H17N3O2S2. The zero-order valence-electron chi connectivity index (χ0n) is 9.11. The van der Waals surface area contributed by atoms with Crippen LogP contribution in [0.2, 0.25) is 0 Å². The van der Waals surface area contributed by atoms with Crippen LogP contribution in [0.3, 0.4) is 0 Å². The van der Waals surface area contributed by atoms with E-state index in [9.17, 15) is 8.42 Å². The second-order valence-corrected chi connectivity index (χ2v) is 6.90. The molecule has 2 heterocycles. The van der Waals surface area contributed by atoms with Gasteiger partial charge in [-0.3, -0.25) is 0 Å². The summed E-state index contributed by atoms with van der Waals surface area (Å²) in [5.74, 6) is 0.508. The standard InChI is InChI=1S/C9H17N3O2S2/c13-16(14)6-1-8(7-16)11-9(15)12-4-2-10-3-5-12/h8,10H,1-7H2,(H,11,15). The maximum absolute atomic E-state index is 11.3. The van der Waals surface area contributed by atoms with Crippen molar-refractivity contribution >= 4 is 27.2 Å². The predicted octanol–water partition coefficient (Wildman–Crippen LogP) is -1.05. The highest BCUT2D eigenvalue weighted by atomic mass is 32.2. The molecule has 5 nitrogen and oxygen atoms in total. The second-order valence-electron chi connectivity index (χ2n) is 4.29. The van der Waals surface area contributed by atoms with Gasteiger partial charge >= 0.3 is 0 Å². The van der Waals surface area contributed by atoms with E-state index in [0.717, 1.165) is 26.2 Å². The van der Waals surface area contributed by atoms with E-state index < -0.39 is 9.84 Å². The molecule has 2 saturated heterocycles. The fourth-order valence-corrected chi connectivity index (χ4v) is 4.07. The number of nitrogens with zero attached hydrogens (tertiary/aromatic N) is 1. The molecule has 0 aromatic rings. The quantitative estimate of drug-likeness (QED) is 0.589. The average Bonchev–Trinajstić information content (AvgIpc) is 2.59. The summed E-state index contributed by atoms with van der Waals surface area (Å²) in [7, 11) is -2.82. The lowest BCUT2D eigenvalue weighted by Gasteiger charge is -2.31. The minimum Gasteiger partial charge on any atom is -0.359 e. The van der Waals surface area contributed by atoms with Crippen molar-refractivity contribution in [2.75, 3.05) is 37.7 Å². The van der Waals surface area contributed by atoms with Crippen LogP contribution in [0.5, 0.6) is 0 Å². The van der Waals surface area contributed by atoms with Gasteiger partial charge in [-0.05, 0) is 18.6 Å². The molecule has 2 N–H and O–H groups in total. The first-order valence-electron chi connectivity index (χ1n) is 5.53. The van der Waals surface area contributed by atoms with Crippen molar-refractivity contribution in [2.45, 2.75) is 12.5 Å². The number of sulfone groups is 1. The molecule has 0 amide bonds. The summed E-state index contributed by atoms with van der Waals surface area (Å²) in [6.07, 6.45) is 0.675. The summed E-state index contributed by atoms with van der Waals surface area (Å²) in [4.78, 5) is 2.09. The molecule has 0 spiro atoms. The maximum Gasteiger partial charge on any atom is 0.169 e. The predicted molar refractivity (Wildman–Crippen MR) is 67.2 cm³/mol. The van der Waals surface area contributed by atoms with E-state index in [4.69, 9.17) is 12.2 Å². The molecule has 0 bridgehead atoms. The molecule has 2 rings (SSSR count). The largest absolute Gasteiger partial charge is 0.359 e. The molecule has 1 atom stereocenters. The van der Waals surface area contributed by atoms with Crippen LogP contribution in [0, 0.1) is 0 Å². The Labute approximate surface area is 101 Å². The Morgan fingerprint density at radius 3 is 2.62 bits per heavy atom. The molecule has 0 saturated carbocycles.